The van der Waals surface area contributed by atoms with E-state index in [2.05, 4.69) is 10.0 Å². The van der Waals surface area contributed by atoms with Gasteiger partial charge in [-0.2, -0.15) is 0 Å². The highest BCUT2D eigenvalue weighted by Gasteiger charge is 2.15. The Morgan fingerprint density at radius 3 is 2.28 bits per heavy atom. The Balaban J connectivity index is 1.61. The number of anilines is 1. The molecule has 6 nitrogen and oxygen atoms in total. The maximum absolute atomic E-state index is 12.6. The summed E-state index contributed by atoms with van der Waals surface area (Å²) < 4.78 is 33.2. The van der Waals surface area contributed by atoms with E-state index in [1.165, 1.54) is 0 Å². The van der Waals surface area contributed by atoms with Crippen molar-refractivity contribution in [3.63, 3.8) is 0 Å². The lowest BCUT2D eigenvalue weighted by Crippen LogP contribution is -2.25. The Labute approximate surface area is 189 Å². The van der Waals surface area contributed by atoms with Crippen molar-refractivity contribution >= 4 is 21.6 Å². The summed E-state index contributed by atoms with van der Waals surface area (Å²) in [5.41, 5.74) is 4.94. The highest BCUT2D eigenvalue weighted by molar-refractivity contribution is 7.92. The number of rotatable bonds is 8. The quantitative estimate of drug-likeness (QED) is 0.531. The van der Waals surface area contributed by atoms with Crippen LogP contribution < -0.4 is 14.8 Å². The number of sulfonamides is 1. The number of benzene rings is 3. The second-order valence-corrected chi connectivity index (χ2v) is 9.43. The van der Waals surface area contributed by atoms with Gasteiger partial charge >= 0.3 is 0 Å². The first-order valence-electron chi connectivity index (χ1n) is 10.3. The number of aryl methyl sites for hydroxylation is 3. The average Bonchev–Trinajstić information content (AvgIpc) is 2.76. The molecule has 168 valence electrons. The van der Waals surface area contributed by atoms with Crippen LogP contribution >= 0.6 is 0 Å². The standard InChI is InChI=1S/C25H28N2O4S/c1-17-5-12-24(31-4)21(15-17)13-14-26-25(28)20-7-9-22(10-8-20)27-32(29,30)23-11-6-18(2)19(3)16-23/h5-12,15-16,27H,13-14H2,1-4H3,(H,26,28). The van der Waals surface area contributed by atoms with Crippen molar-refractivity contribution in [1.82, 2.24) is 5.32 Å². The summed E-state index contributed by atoms with van der Waals surface area (Å²) in [6.07, 6.45) is 0.643. The second-order valence-electron chi connectivity index (χ2n) is 7.75. The van der Waals surface area contributed by atoms with Crippen LogP contribution in [0.2, 0.25) is 0 Å². The summed E-state index contributed by atoms with van der Waals surface area (Å²) >= 11 is 0. The monoisotopic (exact) mass is 452 g/mol. The summed E-state index contributed by atoms with van der Waals surface area (Å²) in [6, 6.07) is 17.3. The molecule has 0 aliphatic heterocycles. The number of ether oxygens (including phenoxy) is 1. The topological polar surface area (TPSA) is 84.5 Å². The molecule has 0 saturated heterocycles. The van der Waals surface area contributed by atoms with Gasteiger partial charge in [0, 0.05) is 17.8 Å². The zero-order chi connectivity index (χ0) is 23.3. The van der Waals surface area contributed by atoms with Crippen LogP contribution in [0.4, 0.5) is 5.69 Å². The van der Waals surface area contributed by atoms with Gasteiger partial charge in [-0.1, -0.05) is 23.8 Å². The molecule has 0 radical (unpaired) electrons. The van der Waals surface area contributed by atoms with Gasteiger partial charge in [0.05, 0.1) is 12.0 Å². The van der Waals surface area contributed by atoms with E-state index in [-0.39, 0.29) is 10.8 Å². The summed E-state index contributed by atoms with van der Waals surface area (Å²) in [5, 5.41) is 2.89. The van der Waals surface area contributed by atoms with Gasteiger partial charge in [-0.15, -0.1) is 0 Å². The first-order valence-corrected chi connectivity index (χ1v) is 11.8. The minimum Gasteiger partial charge on any atom is -0.496 e. The van der Waals surface area contributed by atoms with Crippen LogP contribution in [0.25, 0.3) is 0 Å². The number of amides is 1. The largest absolute Gasteiger partial charge is 0.496 e. The van der Waals surface area contributed by atoms with Crippen molar-refractivity contribution in [2.75, 3.05) is 18.4 Å². The van der Waals surface area contributed by atoms with E-state index in [1.54, 1.807) is 49.6 Å². The van der Waals surface area contributed by atoms with Crippen LogP contribution in [0.3, 0.4) is 0 Å². The first-order chi connectivity index (χ1) is 15.2. The van der Waals surface area contributed by atoms with Gasteiger partial charge in [0.25, 0.3) is 15.9 Å². The SMILES string of the molecule is COc1ccc(C)cc1CCNC(=O)c1ccc(NS(=O)(=O)c2ccc(C)c(C)c2)cc1. The highest BCUT2D eigenvalue weighted by atomic mass is 32.2. The van der Waals surface area contributed by atoms with Gasteiger partial charge in [-0.25, -0.2) is 8.42 Å². The van der Waals surface area contributed by atoms with Crippen LogP contribution in [0, 0.1) is 20.8 Å². The van der Waals surface area contributed by atoms with E-state index in [4.69, 9.17) is 4.74 Å². The van der Waals surface area contributed by atoms with E-state index in [9.17, 15) is 13.2 Å². The lowest BCUT2D eigenvalue weighted by Gasteiger charge is -2.11. The number of carbonyl (C=O) groups is 1. The van der Waals surface area contributed by atoms with Crippen molar-refractivity contribution < 1.29 is 17.9 Å². The molecule has 0 saturated carbocycles. The van der Waals surface area contributed by atoms with Crippen LogP contribution in [0.5, 0.6) is 5.75 Å². The lowest BCUT2D eigenvalue weighted by molar-refractivity contribution is 0.0954. The molecular formula is C25H28N2O4S. The van der Waals surface area contributed by atoms with Crippen molar-refractivity contribution in [3.8, 4) is 5.75 Å². The van der Waals surface area contributed by atoms with Crippen LogP contribution in [-0.4, -0.2) is 28.0 Å². The molecule has 0 unspecified atom stereocenters. The summed E-state index contributed by atoms with van der Waals surface area (Å²) in [6.45, 7) is 6.27. The maximum Gasteiger partial charge on any atom is 0.261 e. The van der Waals surface area contributed by atoms with Crippen LogP contribution in [-0.2, 0) is 16.4 Å². The molecule has 0 aliphatic carbocycles. The molecule has 2 N–H and O–H groups in total. The first kappa shape index (κ1) is 23.3. The molecule has 3 rings (SSSR count). The van der Waals surface area contributed by atoms with E-state index < -0.39 is 10.0 Å². The second kappa shape index (κ2) is 9.87. The minimum absolute atomic E-state index is 0.203. The molecule has 0 heterocycles. The number of hydrogen-bond donors (Lipinski definition) is 2. The van der Waals surface area contributed by atoms with Crippen molar-refractivity contribution in [1.29, 1.82) is 0 Å². The van der Waals surface area contributed by atoms with Gasteiger partial charge in [0.2, 0.25) is 0 Å². The maximum atomic E-state index is 12.6. The smallest absolute Gasteiger partial charge is 0.261 e. The molecule has 0 fully saturated rings. The predicted molar refractivity (Wildman–Crippen MR) is 127 cm³/mol. The molecule has 0 spiro atoms. The molecule has 32 heavy (non-hydrogen) atoms. The Morgan fingerprint density at radius 1 is 0.906 bits per heavy atom. The lowest BCUT2D eigenvalue weighted by atomic mass is 10.1. The van der Waals surface area contributed by atoms with Gasteiger partial charge in [-0.3, -0.25) is 9.52 Å². The van der Waals surface area contributed by atoms with Gasteiger partial charge in [0.15, 0.2) is 0 Å². The Bertz CT molecular complexity index is 1220. The van der Waals surface area contributed by atoms with E-state index in [1.807, 2.05) is 39.0 Å². The van der Waals surface area contributed by atoms with Gasteiger partial charge in [0.1, 0.15) is 5.75 Å². The summed E-state index contributed by atoms with van der Waals surface area (Å²) in [4.78, 5) is 12.7. The third kappa shape index (κ3) is 5.68. The van der Waals surface area contributed by atoms with Crippen LogP contribution in [0.1, 0.15) is 32.6 Å². The fourth-order valence-electron chi connectivity index (χ4n) is 3.30. The fraction of sp³-hybridized carbons (Fsp3) is 0.240. The summed E-state index contributed by atoms with van der Waals surface area (Å²) in [5.74, 6) is 0.574. The molecular weight excluding hydrogens is 424 g/mol. The Kier molecular flexibility index (Phi) is 7.20. The third-order valence-corrected chi connectivity index (χ3v) is 6.68. The normalized spacial score (nSPS) is 11.1. The summed E-state index contributed by atoms with van der Waals surface area (Å²) in [7, 11) is -2.08. The zero-order valence-electron chi connectivity index (χ0n) is 18.7. The zero-order valence-corrected chi connectivity index (χ0v) is 19.5. The average molecular weight is 453 g/mol. The number of methoxy groups -OCH3 is 1. The molecule has 0 aromatic heterocycles. The minimum atomic E-state index is -3.70. The molecule has 7 heteroatoms. The van der Waals surface area contributed by atoms with E-state index >= 15 is 0 Å². The van der Waals surface area contributed by atoms with Crippen LogP contribution in [0.15, 0.2) is 65.6 Å². The predicted octanol–water partition coefficient (Wildman–Crippen LogP) is 4.39. The van der Waals surface area contributed by atoms with Gasteiger partial charge < -0.3 is 10.1 Å². The Hall–Kier alpha value is -3.32. The molecule has 3 aromatic rings. The number of nitrogens with one attached hydrogen (secondary N) is 2. The fourth-order valence-corrected chi connectivity index (χ4v) is 4.44. The number of hydrogen-bond acceptors (Lipinski definition) is 4. The molecule has 1 amide bonds. The van der Waals surface area contributed by atoms with Crippen molar-refractivity contribution in [2.45, 2.75) is 32.1 Å². The molecule has 0 bridgehead atoms. The molecule has 0 atom stereocenters. The van der Waals surface area contributed by atoms with Crippen molar-refractivity contribution in [2.24, 2.45) is 0 Å². The number of carbonyl (C=O) groups excluding carboxylic acids is 1. The van der Waals surface area contributed by atoms with E-state index in [0.717, 1.165) is 28.0 Å². The highest BCUT2D eigenvalue weighted by Crippen LogP contribution is 2.21. The molecule has 0 aliphatic rings. The van der Waals surface area contributed by atoms with Crippen molar-refractivity contribution in [3.05, 3.63) is 88.5 Å². The Morgan fingerprint density at radius 2 is 1.62 bits per heavy atom. The van der Waals surface area contributed by atoms with E-state index in [0.29, 0.717) is 24.2 Å². The third-order valence-electron chi connectivity index (χ3n) is 5.30. The van der Waals surface area contributed by atoms with Gasteiger partial charge in [-0.05, 0) is 86.3 Å². The molecule has 3 aromatic carbocycles.